The lowest BCUT2D eigenvalue weighted by Crippen LogP contribution is -2.35. The Morgan fingerprint density at radius 2 is 2.10 bits per heavy atom. The molecule has 1 aliphatic heterocycles. The Labute approximate surface area is 124 Å². The van der Waals surface area contributed by atoms with Crippen LogP contribution in [0.4, 0.5) is 0 Å². The molecular weight excluding hydrogens is 268 g/mol. The fraction of sp³-hybridized carbons (Fsp3) is 0.571. The number of ether oxygens (including phenoxy) is 1. The third kappa shape index (κ3) is 3.75. The molecule has 7 heteroatoms. The first kappa shape index (κ1) is 13.9. The van der Waals surface area contributed by atoms with Crippen LogP contribution < -0.4 is 4.74 Å². The van der Waals surface area contributed by atoms with E-state index < -0.39 is 0 Å². The normalized spacial score (nSPS) is 17.0. The van der Waals surface area contributed by atoms with E-state index in [0.29, 0.717) is 11.8 Å². The van der Waals surface area contributed by atoms with Gasteiger partial charge in [0.2, 0.25) is 5.88 Å². The summed E-state index contributed by atoms with van der Waals surface area (Å²) in [6, 6.07) is 0. The molecule has 0 aliphatic carbocycles. The van der Waals surface area contributed by atoms with Crippen molar-refractivity contribution in [2.24, 2.45) is 13.0 Å². The van der Waals surface area contributed by atoms with Gasteiger partial charge in [0.15, 0.2) is 0 Å². The molecule has 2 aromatic rings. The van der Waals surface area contributed by atoms with E-state index in [9.17, 15) is 0 Å². The third-order valence-corrected chi connectivity index (χ3v) is 3.88. The highest BCUT2D eigenvalue weighted by molar-refractivity contribution is 5.01. The van der Waals surface area contributed by atoms with Crippen molar-refractivity contribution in [1.29, 1.82) is 0 Å². The first-order valence-electron chi connectivity index (χ1n) is 7.25. The average Bonchev–Trinajstić information content (AvgIpc) is 2.93. The molecule has 112 valence electrons. The van der Waals surface area contributed by atoms with Gasteiger partial charge in [-0.1, -0.05) is 0 Å². The van der Waals surface area contributed by atoms with Crippen LogP contribution in [-0.2, 0) is 13.6 Å². The van der Waals surface area contributed by atoms with Gasteiger partial charge < -0.3 is 4.74 Å². The molecule has 0 atom stereocenters. The van der Waals surface area contributed by atoms with Gasteiger partial charge in [0.1, 0.15) is 12.2 Å². The number of aryl methyl sites for hydroxylation is 1. The van der Waals surface area contributed by atoms with Gasteiger partial charge in [-0.25, -0.2) is 9.97 Å². The van der Waals surface area contributed by atoms with Crippen molar-refractivity contribution in [2.45, 2.75) is 19.4 Å². The van der Waals surface area contributed by atoms with Crippen LogP contribution in [0.1, 0.15) is 18.7 Å². The molecule has 3 heterocycles. The van der Waals surface area contributed by atoms with Crippen molar-refractivity contribution >= 4 is 0 Å². The van der Waals surface area contributed by atoms with Gasteiger partial charge in [-0.15, -0.1) is 0 Å². The molecule has 0 N–H and O–H groups in total. The predicted octanol–water partition coefficient (Wildman–Crippen LogP) is 0.896. The summed E-state index contributed by atoms with van der Waals surface area (Å²) in [5.41, 5.74) is 0. The van der Waals surface area contributed by atoms with Gasteiger partial charge in [-0.05, 0) is 31.8 Å². The molecule has 1 fully saturated rings. The van der Waals surface area contributed by atoms with Gasteiger partial charge in [0.25, 0.3) is 0 Å². The highest BCUT2D eigenvalue weighted by Crippen LogP contribution is 2.19. The van der Waals surface area contributed by atoms with E-state index in [-0.39, 0.29) is 0 Å². The Kier molecular flexibility index (Phi) is 4.40. The minimum absolute atomic E-state index is 0.586. The van der Waals surface area contributed by atoms with E-state index in [1.807, 2.05) is 11.7 Å². The molecule has 7 nitrogen and oxygen atoms in total. The topological polar surface area (TPSA) is 69.0 Å². The molecule has 0 bridgehead atoms. The number of hydrogen-bond donors (Lipinski definition) is 0. The van der Waals surface area contributed by atoms with Crippen LogP contribution in [0.25, 0.3) is 0 Å². The average molecular weight is 288 g/mol. The Hall–Kier alpha value is -2.02. The number of piperidine rings is 1. The molecule has 1 aliphatic rings. The first-order valence-corrected chi connectivity index (χ1v) is 7.25. The van der Waals surface area contributed by atoms with Gasteiger partial charge in [0, 0.05) is 19.4 Å². The molecular formula is C14H20N6O. The molecule has 3 rings (SSSR count). The summed E-state index contributed by atoms with van der Waals surface area (Å²) < 4.78 is 7.52. The largest absolute Gasteiger partial charge is 0.476 e. The fourth-order valence-electron chi connectivity index (χ4n) is 2.54. The molecule has 0 amide bonds. The minimum Gasteiger partial charge on any atom is -0.476 e. The van der Waals surface area contributed by atoms with Gasteiger partial charge in [-0.2, -0.15) is 5.10 Å². The summed E-state index contributed by atoms with van der Waals surface area (Å²) in [5.74, 6) is 2.21. The van der Waals surface area contributed by atoms with Crippen molar-refractivity contribution in [2.75, 3.05) is 19.7 Å². The fourth-order valence-corrected chi connectivity index (χ4v) is 2.54. The number of nitrogens with zero attached hydrogens (tertiary/aromatic N) is 6. The van der Waals surface area contributed by atoms with Crippen molar-refractivity contribution in [3.63, 3.8) is 0 Å². The number of aromatic nitrogens is 5. The van der Waals surface area contributed by atoms with E-state index in [4.69, 9.17) is 4.74 Å². The second-order valence-electron chi connectivity index (χ2n) is 5.37. The Morgan fingerprint density at radius 3 is 2.76 bits per heavy atom. The standard InChI is InChI=1S/C14H20N6O/c1-19-13(17-11-18-19)9-20-6-2-12(3-7-20)10-21-14-8-15-4-5-16-14/h4-5,8,11-12H,2-3,6-7,9-10H2,1H3. The lowest BCUT2D eigenvalue weighted by atomic mass is 9.98. The number of likely N-dealkylation sites (tertiary alicyclic amines) is 1. The van der Waals surface area contributed by atoms with Crippen LogP contribution in [-0.4, -0.2) is 49.3 Å². The summed E-state index contributed by atoms with van der Waals surface area (Å²) in [4.78, 5) is 14.8. The summed E-state index contributed by atoms with van der Waals surface area (Å²) in [7, 11) is 1.93. The first-order chi connectivity index (χ1) is 10.3. The van der Waals surface area contributed by atoms with E-state index in [0.717, 1.165) is 44.9 Å². The van der Waals surface area contributed by atoms with Crippen molar-refractivity contribution in [1.82, 2.24) is 29.6 Å². The summed E-state index contributed by atoms with van der Waals surface area (Å²) in [6.07, 6.45) is 8.84. The maximum Gasteiger partial charge on any atom is 0.232 e. The highest BCUT2D eigenvalue weighted by atomic mass is 16.5. The maximum atomic E-state index is 5.69. The second-order valence-corrected chi connectivity index (χ2v) is 5.37. The quantitative estimate of drug-likeness (QED) is 0.814. The van der Waals surface area contributed by atoms with Gasteiger partial charge >= 0.3 is 0 Å². The zero-order valence-electron chi connectivity index (χ0n) is 12.2. The van der Waals surface area contributed by atoms with Crippen LogP contribution in [0, 0.1) is 5.92 Å². The zero-order valence-corrected chi connectivity index (χ0v) is 12.2. The predicted molar refractivity (Wildman–Crippen MR) is 76.5 cm³/mol. The van der Waals surface area contributed by atoms with E-state index >= 15 is 0 Å². The minimum atomic E-state index is 0.586. The lowest BCUT2D eigenvalue weighted by Gasteiger charge is -2.31. The van der Waals surface area contributed by atoms with E-state index in [1.165, 1.54) is 0 Å². The lowest BCUT2D eigenvalue weighted by molar-refractivity contribution is 0.131. The Bertz CT molecular complexity index is 550. The molecule has 0 spiro atoms. The van der Waals surface area contributed by atoms with Gasteiger partial charge in [0.05, 0.1) is 19.3 Å². The van der Waals surface area contributed by atoms with Crippen molar-refractivity contribution in [3.8, 4) is 5.88 Å². The van der Waals surface area contributed by atoms with E-state index in [2.05, 4.69) is 25.0 Å². The number of hydrogen-bond acceptors (Lipinski definition) is 6. The van der Waals surface area contributed by atoms with E-state index in [1.54, 1.807) is 24.9 Å². The van der Waals surface area contributed by atoms with Crippen LogP contribution in [0.2, 0.25) is 0 Å². The Morgan fingerprint density at radius 1 is 1.24 bits per heavy atom. The highest BCUT2D eigenvalue weighted by Gasteiger charge is 2.21. The van der Waals surface area contributed by atoms with Crippen LogP contribution >= 0.6 is 0 Å². The van der Waals surface area contributed by atoms with Gasteiger partial charge in [-0.3, -0.25) is 14.6 Å². The summed E-state index contributed by atoms with van der Waals surface area (Å²) >= 11 is 0. The second kappa shape index (κ2) is 6.62. The molecule has 1 saturated heterocycles. The smallest absolute Gasteiger partial charge is 0.232 e. The van der Waals surface area contributed by atoms with Crippen LogP contribution in [0.5, 0.6) is 5.88 Å². The zero-order chi connectivity index (χ0) is 14.5. The Balaban J connectivity index is 1.42. The molecule has 21 heavy (non-hydrogen) atoms. The third-order valence-electron chi connectivity index (χ3n) is 3.88. The number of rotatable bonds is 5. The molecule has 0 unspecified atom stereocenters. The molecule has 0 saturated carbocycles. The summed E-state index contributed by atoms with van der Waals surface area (Å²) in [6.45, 7) is 3.73. The maximum absolute atomic E-state index is 5.69. The molecule has 2 aromatic heterocycles. The van der Waals surface area contributed by atoms with Crippen molar-refractivity contribution in [3.05, 3.63) is 30.7 Å². The molecule has 0 aromatic carbocycles. The molecule has 0 radical (unpaired) electrons. The summed E-state index contributed by atoms with van der Waals surface area (Å²) in [5, 5.41) is 4.11. The SMILES string of the molecule is Cn1ncnc1CN1CCC(COc2cnccn2)CC1. The monoisotopic (exact) mass is 288 g/mol. The van der Waals surface area contributed by atoms with Crippen molar-refractivity contribution < 1.29 is 4.74 Å². The van der Waals surface area contributed by atoms with Crippen LogP contribution in [0.15, 0.2) is 24.9 Å². The van der Waals surface area contributed by atoms with Crippen LogP contribution in [0.3, 0.4) is 0 Å².